The molecule has 0 aliphatic heterocycles. The lowest BCUT2D eigenvalue weighted by Crippen LogP contribution is -3.00. The minimum atomic E-state index is 0. The molecule has 0 spiro atoms. The summed E-state index contributed by atoms with van der Waals surface area (Å²) in [5, 5.41) is 0. The van der Waals surface area contributed by atoms with Crippen LogP contribution in [-0.2, 0) is 6.54 Å². The number of nitrogens with zero attached hydrogens (tertiary/aromatic N) is 1. The Morgan fingerprint density at radius 1 is 0.760 bits per heavy atom. The second-order valence-electron chi connectivity index (χ2n) is 6.74. The Balaban J connectivity index is 0.00000312. The summed E-state index contributed by atoms with van der Waals surface area (Å²) >= 11 is 0. The number of H-pyrrole nitrogens is 1. The fraction of sp³-hybridized carbons (Fsp3) is 0.545. The van der Waals surface area contributed by atoms with Gasteiger partial charge in [0.05, 0.1) is 0 Å². The average molecular weight is 406 g/mol. The van der Waals surface area contributed by atoms with E-state index in [1.54, 1.807) is 0 Å². The van der Waals surface area contributed by atoms with Gasteiger partial charge >= 0.3 is 0 Å². The van der Waals surface area contributed by atoms with Gasteiger partial charge in [0.2, 0.25) is 0 Å². The first-order valence-electron chi connectivity index (χ1n) is 9.87. The number of halogens is 1. The van der Waals surface area contributed by atoms with Crippen molar-refractivity contribution in [2.24, 2.45) is 0 Å². The first-order valence-corrected chi connectivity index (χ1v) is 9.87. The van der Waals surface area contributed by atoms with Crippen molar-refractivity contribution in [3.05, 3.63) is 48.8 Å². The lowest BCUT2D eigenvalue weighted by Gasteiger charge is -2.03. The van der Waals surface area contributed by atoms with Crippen molar-refractivity contribution in [2.45, 2.75) is 77.7 Å². The van der Waals surface area contributed by atoms with E-state index < -0.39 is 0 Å². The van der Waals surface area contributed by atoms with Gasteiger partial charge in [-0.05, 0) is 18.6 Å². The molecule has 0 aliphatic rings. The third kappa shape index (κ3) is 8.62. The van der Waals surface area contributed by atoms with E-state index in [1.807, 2.05) is 12.3 Å². The second kappa shape index (κ2) is 14.0. The molecule has 25 heavy (non-hydrogen) atoms. The van der Waals surface area contributed by atoms with Gasteiger partial charge in [0.15, 0.2) is 12.4 Å². The molecule has 0 unspecified atom stereocenters. The van der Waals surface area contributed by atoms with Crippen LogP contribution in [0, 0.1) is 0 Å². The van der Waals surface area contributed by atoms with Crippen molar-refractivity contribution in [1.29, 1.82) is 0 Å². The summed E-state index contributed by atoms with van der Waals surface area (Å²) in [5.41, 5.74) is 2.46. The molecular formula is C22H34BrN2+. The smallest absolute Gasteiger partial charge is 0.277 e. The SMILES string of the molecule is CCCCCCCCCCCC[n+]1ccccc1-c1cccc[nH+]1.[Br-]. The highest BCUT2D eigenvalue weighted by atomic mass is 79.9. The lowest BCUT2D eigenvalue weighted by molar-refractivity contribution is -0.689. The zero-order valence-electron chi connectivity index (χ0n) is 15.7. The first-order chi connectivity index (χ1) is 11.9. The quantitative estimate of drug-likeness (QED) is 0.381. The van der Waals surface area contributed by atoms with Crippen LogP contribution in [0.2, 0.25) is 0 Å². The van der Waals surface area contributed by atoms with Gasteiger partial charge in [-0.25, -0.2) is 4.98 Å². The fourth-order valence-electron chi connectivity index (χ4n) is 3.24. The van der Waals surface area contributed by atoms with Crippen LogP contribution in [0.3, 0.4) is 0 Å². The summed E-state index contributed by atoms with van der Waals surface area (Å²) < 4.78 is 2.37. The molecule has 0 amide bonds. The highest BCUT2D eigenvalue weighted by Gasteiger charge is 2.16. The third-order valence-electron chi connectivity index (χ3n) is 4.68. The first kappa shape index (κ1) is 21.8. The molecule has 1 N–H and O–H groups in total. The lowest BCUT2D eigenvalue weighted by atomic mass is 10.1. The number of rotatable bonds is 12. The van der Waals surface area contributed by atoms with Gasteiger partial charge in [-0.15, -0.1) is 0 Å². The molecule has 2 nitrogen and oxygen atoms in total. The summed E-state index contributed by atoms with van der Waals surface area (Å²) in [4.78, 5) is 3.34. The predicted octanol–water partition coefficient (Wildman–Crippen LogP) is 2.38. The van der Waals surface area contributed by atoms with Crippen LogP contribution in [0.4, 0.5) is 0 Å². The number of unbranched alkanes of at least 4 members (excludes halogenated alkanes) is 9. The van der Waals surface area contributed by atoms with Gasteiger partial charge in [-0.3, -0.25) is 0 Å². The Morgan fingerprint density at radius 3 is 2.04 bits per heavy atom. The van der Waals surface area contributed by atoms with E-state index in [1.165, 1.54) is 75.6 Å². The van der Waals surface area contributed by atoms with Crippen molar-refractivity contribution in [3.8, 4) is 11.4 Å². The van der Waals surface area contributed by atoms with Crippen molar-refractivity contribution < 1.29 is 26.5 Å². The summed E-state index contributed by atoms with van der Waals surface area (Å²) in [6.07, 6.45) is 18.1. The minimum absolute atomic E-state index is 0. The molecule has 0 saturated carbocycles. The van der Waals surface area contributed by atoms with Gasteiger partial charge in [0, 0.05) is 30.7 Å². The van der Waals surface area contributed by atoms with Crippen molar-refractivity contribution >= 4 is 0 Å². The van der Waals surface area contributed by atoms with E-state index in [2.05, 4.69) is 53.0 Å². The summed E-state index contributed by atoms with van der Waals surface area (Å²) in [7, 11) is 0. The highest BCUT2D eigenvalue weighted by molar-refractivity contribution is 5.45. The molecular weight excluding hydrogens is 372 g/mol. The van der Waals surface area contributed by atoms with E-state index in [0.717, 1.165) is 6.54 Å². The van der Waals surface area contributed by atoms with Crippen LogP contribution in [-0.4, -0.2) is 0 Å². The Hall–Kier alpha value is -1.22. The monoisotopic (exact) mass is 405 g/mol. The summed E-state index contributed by atoms with van der Waals surface area (Å²) in [5.74, 6) is 0. The molecule has 0 radical (unpaired) electrons. The molecule has 0 fully saturated rings. The number of aryl methyl sites for hydroxylation is 1. The maximum atomic E-state index is 3.34. The number of hydrogen-bond donors (Lipinski definition) is 0. The zero-order chi connectivity index (χ0) is 16.9. The van der Waals surface area contributed by atoms with Crippen LogP contribution < -0.4 is 26.5 Å². The van der Waals surface area contributed by atoms with Crippen molar-refractivity contribution in [1.82, 2.24) is 0 Å². The molecule has 3 heteroatoms. The molecule has 0 aromatic carbocycles. The molecule has 2 aromatic heterocycles. The van der Waals surface area contributed by atoms with E-state index in [-0.39, 0.29) is 17.0 Å². The van der Waals surface area contributed by atoms with Crippen molar-refractivity contribution in [2.75, 3.05) is 0 Å². The fourth-order valence-corrected chi connectivity index (χ4v) is 3.24. The van der Waals surface area contributed by atoms with Crippen LogP contribution in [0.25, 0.3) is 11.4 Å². The maximum Gasteiger partial charge on any atom is 0.277 e. The number of nitrogens with one attached hydrogen (secondary N) is 1. The Bertz CT molecular complexity index is 557. The van der Waals surface area contributed by atoms with E-state index in [0.29, 0.717) is 0 Å². The number of aromatic amines is 1. The van der Waals surface area contributed by atoms with Crippen LogP contribution in [0.1, 0.15) is 71.1 Å². The molecule has 138 valence electrons. The second-order valence-corrected chi connectivity index (χ2v) is 6.74. The van der Waals surface area contributed by atoms with Gasteiger partial charge < -0.3 is 17.0 Å². The number of pyridine rings is 2. The number of aromatic nitrogens is 2. The van der Waals surface area contributed by atoms with Gasteiger partial charge in [0.25, 0.3) is 11.4 Å². The standard InChI is InChI=1S/C22H33N2.BrH/c1-2-3-4-5-6-7-8-9-10-14-19-24-20-15-12-17-22(24)21-16-11-13-18-23-21;/h11-13,15-18,20H,2-10,14,19H2,1H3;1H/q+1;. The molecule has 2 rings (SSSR count). The van der Waals surface area contributed by atoms with E-state index >= 15 is 0 Å². The average Bonchev–Trinajstić information content (AvgIpc) is 2.64. The molecule has 0 atom stereocenters. The van der Waals surface area contributed by atoms with E-state index in [4.69, 9.17) is 0 Å². The maximum absolute atomic E-state index is 3.34. The molecule has 2 heterocycles. The Morgan fingerprint density at radius 2 is 1.40 bits per heavy atom. The van der Waals surface area contributed by atoms with Crippen LogP contribution in [0.5, 0.6) is 0 Å². The highest BCUT2D eigenvalue weighted by Crippen LogP contribution is 2.11. The van der Waals surface area contributed by atoms with Crippen molar-refractivity contribution in [3.63, 3.8) is 0 Å². The van der Waals surface area contributed by atoms with Gasteiger partial charge in [-0.2, -0.15) is 4.57 Å². The molecule has 0 saturated heterocycles. The minimum Gasteiger partial charge on any atom is -1.00 e. The topological polar surface area (TPSA) is 18.0 Å². The van der Waals surface area contributed by atoms with Gasteiger partial charge in [-0.1, -0.05) is 58.3 Å². The predicted molar refractivity (Wildman–Crippen MR) is 100 cm³/mol. The Kier molecular flexibility index (Phi) is 12.2. The summed E-state index contributed by atoms with van der Waals surface area (Å²) in [6.45, 7) is 3.39. The van der Waals surface area contributed by atoms with Gasteiger partial charge in [0.1, 0.15) is 6.54 Å². The Labute approximate surface area is 164 Å². The zero-order valence-corrected chi connectivity index (χ0v) is 17.3. The van der Waals surface area contributed by atoms with Crippen LogP contribution in [0.15, 0.2) is 48.8 Å². The molecule has 2 aromatic rings. The van der Waals surface area contributed by atoms with Crippen LogP contribution >= 0.6 is 0 Å². The van der Waals surface area contributed by atoms with E-state index in [9.17, 15) is 0 Å². The molecule has 0 aliphatic carbocycles. The normalized spacial score (nSPS) is 10.4. The third-order valence-corrected chi connectivity index (χ3v) is 4.68. The summed E-state index contributed by atoms with van der Waals surface area (Å²) in [6, 6.07) is 12.7. The largest absolute Gasteiger partial charge is 1.00 e. The molecule has 0 bridgehead atoms. The number of hydrogen-bond acceptors (Lipinski definition) is 0.